The van der Waals surface area contributed by atoms with Gasteiger partial charge in [0.1, 0.15) is 11.5 Å². The lowest BCUT2D eigenvalue weighted by atomic mass is 10.0. The molecule has 1 amide bonds. The number of benzene rings is 2. The summed E-state index contributed by atoms with van der Waals surface area (Å²) in [5.74, 6) is 1.63. The van der Waals surface area contributed by atoms with Crippen molar-refractivity contribution in [3.63, 3.8) is 0 Å². The third kappa shape index (κ3) is 3.07. The fourth-order valence-electron chi connectivity index (χ4n) is 3.77. The van der Waals surface area contributed by atoms with E-state index >= 15 is 0 Å². The quantitative estimate of drug-likeness (QED) is 0.833. The molecule has 0 aliphatic carbocycles. The van der Waals surface area contributed by atoms with Gasteiger partial charge in [0, 0.05) is 18.0 Å². The summed E-state index contributed by atoms with van der Waals surface area (Å²) in [6.07, 6.45) is 2.08. The van der Waals surface area contributed by atoms with Crippen LogP contribution in [0.15, 0.2) is 42.5 Å². The summed E-state index contributed by atoms with van der Waals surface area (Å²) in [5.41, 5.74) is 2.12. The first-order valence-electron chi connectivity index (χ1n) is 8.55. The topological polar surface area (TPSA) is 38.8 Å². The van der Waals surface area contributed by atoms with E-state index in [4.69, 9.17) is 21.1 Å². The fraction of sp³-hybridized carbons (Fsp3) is 0.350. The highest BCUT2D eigenvalue weighted by Crippen LogP contribution is 2.37. The van der Waals surface area contributed by atoms with E-state index in [1.54, 1.807) is 13.2 Å². The Hall–Kier alpha value is -2.20. The van der Waals surface area contributed by atoms with Crippen LogP contribution in [0.2, 0.25) is 5.02 Å². The number of rotatable bonds is 3. The van der Waals surface area contributed by atoms with Crippen LogP contribution in [0.25, 0.3) is 0 Å². The molecule has 0 spiro atoms. The van der Waals surface area contributed by atoms with Crippen molar-refractivity contribution in [2.75, 3.05) is 13.7 Å². The molecule has 2 aliphatic heterocycles. The van der Waals surface area contributed by atoms with Gasteiger partial charge in [-0.2, -0.15) is 0 Å². The Bertz CT molecular complexity index is 807. The van der Waals surface area contributed by atoms with E-state index in [2.05, 4.69) is 6.07 Å². The summed E-state index contributed by atoms with van der Waals surface area (Å²) in [5, 5.41) is 0.672. The number of amides is 1. The van der Waals surface area contributed by atoms with E-state index in [9.17, 15) is 4.79 Å². The number of carbonyl (C=O) groups excluding carboxylic acids is 1. The van der Waals surface area contributed by atoms with Gasteiger partial charge in [-0.25, -0.2) is 0 Å². The molecule has 130 valence electrons. The van der Waals surface area contributed by atoms with Gasteiger partial charge in [0.15, 0.2) is 6.10 Å². The van der Waals surface area contributed by atoms with Crippen LogP contribution in [0, 0.1) is 0 Å². The Morgan fingerprint density at radius 1 is 1.28 bits per heavy atom. The number of likely N-dealkylation sites (tertiary alicyclic amines) is 1. The van der Waals surface area contributed by atoms with Crippen molar-refractivity contribution in [2.24, 2.45) is 0 Å². The zero-order chi connectivity index (χ0) is 17.4. The average Bonchev–Trinajstić information content (AvgIpc) is 3.27. The standard InChI is InChI=1S/C20H20ClNO3/c1-24-16-5-2-4-13(11-16)17-6-3-9-22(17)20(23)19-12-14-10-15(21)7-8-18(14)25-19/h2,4-5,7-8,10-11,17,19H,3,6,9,12H2,1H3/t17-,19+/m1/s1. The highest BCUT2D eigenvalue weighted by atomic mass is 35.5. The summed E-state index contributed by atoms with van der Waals surface area (Å²) >= 11 is 6.05. The monoisotopic (exact) mass is 357 g/mol. The first kappa shape index (κ1) is 16.3. The molecule has 0 radical (unpaired) electrons. The Morgan fingerprint density at radius 3 is 3.00 bits per heavy atom. The summed E-state index contributed by atoms with van der Waals surface area (Å²) in [4.78, 5) is 15.0. The molecule has 2 atom stereocenters. The molecule has 4 rings (SSSR count). The van der Waals surface area contributed by atoms with Crippen LogP contribution in [-0.4, -0.2) is 30.6 Å². The summed E-state index contributed by atoms with van der Waals surface area (Å²) in [6, 6.07) is 13.6. The second-order valence-electron chi connectivity index (χ2n) is 6.53. The SMILES string of the molecule is COc1cccc([C@H]2CCCN2C(=O)[C@@H]2Cc3cc(Cl)ccc3O2)c1. The number of hydrogen-bond donors (Lipinski definition) is 0. The minimum absolute atomic E-state index is 0.0534. The minimum atomic E-state index is -0.459. The molecular formula is C20H20ClNO3. The van der Waals surface area contributed by atoms with E-state index in [0.29, 0.717) is 11.4 Å². The van der Waals surface area contributed by atoms with Crippen molar-refractivity contribution in [3.05, 3.63) is 58.6 Å². The third-order valence-electron chi connectivity index (χ3n) is 4.99. The molecule has 2 heterocycles. The number of methoxy groups -OCH3 is 1. The second-order valence-corrected chi connectivity index (χ2v) is 6.97. The molecular weight excluding hydrogens is 338 g/mol. The van der Waals surface area contributed by atoms with Crippen molar-refractivity contribution in [1.29, 1.82) is 0 Å². The van der Waals surface area contributed by atoms with E-state index in [0.717, 1.165) is 42.0 Å². The predicted molar refractivity (Wildman–Crippen MR) is 96.3 cm³/mol. The van der Waals surface area contributed by atoms with Gasteiger partial charge < -0.3 is 14.4 Å². The highest BCUT2D eigenvalue weighted by Gasteiger charge is 2.38. The Morgan fingerprint density at radius 2 is 2.16 bits per heavy atom. The van der Waals surface area contributed by atoms with Gasteiger partial charge in [0.2, 0.25) is 0 Å². The summed E-state index contributed by atoms with van der Waals surface area (Å²) in [6.45, 7) is 0.762. The van der Waals surface area contributed by atoms with Crippen molar-refractivity contribution < 1.29 is 14.3 Å². The molecule has 4 nitrogen and oxygen atoms in total. The van der Waals surface area contributed by atoms with E-state index in [1.807, 2.05) is 35.2 Å². The smallest absolute Gasteiger partial charge is 0.264 e. The van der Waals surface area contributed by atoms with Crippen LogP contribution < -0.4 is 9.47 Å². The molecule has 0 unspecified atom stereocenters. The molecule has 1 saturated heterocycles. The molecule has 2 aromatic rings. The maximum atomic E-state index is 13.1. The van der Waals surface area contributed by atoms with Gasteiger partial charge in [0.05, 0.1) is 13.2 Å². The molecule has 1 fully saturated rings. The van der Waals surface area contributed by atoms with E-state index in [1.165, 1.54) is 0 Å². The summed E-state index contributed by atoms with van der Waals surface area (Å²) < 4.78 is 11.2. The summed E-state index contributed by atoms with van der Waals surface area (Å²) in [7, 11) is 1.66. The fourth-order valence-corrected chi connectivity index (χ4v) is 3.96. The van der Waals surface area contributed by atoms with Gasteiger partial charge in [-0.1, -0.05) is 23.7 Å². The second kappa shape index (κ2) is 6.60. The zero-order valence-corrected chi connectivity index (χ0v) is 14.8. The van der Waals surface area contributed by atoms with Gasteiger partial charge in [-0.3, -0.25) is 4.79 Å². The lowest BCUT2D eigenvalue weighted by molar-refractivity contribution is -0.138. The molecule has 5 heteroatoms. The number of ether oxygens (including phenoxy) is 2. The maximum absolute atomic E-state index is 13.1. The zero-order valence-electron chi connectivity index (χ0n) is 14.1. The minimum Gasteiger partial charge on any atom is -0.497 e. The first-order chi connectivity index (χ1) is 12.2. The van der Waals surface area contributed by atoms with Crippen LogP contribution in [0.4, 0.5) is 0 Å². The molecule has 0 saturated carbocycles. The van der Waals surface area contributed by atoms with E-state index < -0.39 is 6.10 Å². The molecule has 0 N–H and O–H groups in total. The first-order valence-corrected chi connectivity index (χ1v) is 8.93. The molecule has 25 heavy (non-hydrogen) atoms. The van der Waals surface area contributed by atoms with Gasteiger partial charge >= 0.3 is 0 Å². The van der Waals surface area contributed by atoms with Gasteiger partial charge in [-0.15, -0.1) is 0 Å². The van der Waals surface area contributed by atoms with Crippen molar-refractivity contribution in [3.8, 4) is 11.5 Å². The van der Waals surface area contributed by atoms with Gasteiger partial charge in [-0.05, 0) is 54.3 Å². The number of halogens is 1. The normalized spacial score (nSPS) is 21.8. The Balaban J connectivity index is 1.53. The number of hydrogen-bond acceptors (Lipinski definition) is 3. The highest BCUT2D eigenvalue weighted by molar-refractivity contribution is 6.30. The van der Waals surface area contributed by atoms with Crippen LogP contribution in [-0.2, 0) is 11.2 Å². The number of nitrogens with zero attached hydrogens (tertiary/aromatic N) is 1. The van der Waals surface area contributed by atoms with Crippen molar-refractivity contribution in [2.45, 2.75) is 31.4 Å². The van der Waals surface area contributed by atoms with Crippen LogP contribution in [0.3, 0.4) is 0 Å². The number of carbonyl (C=O) groups is 1. The lowest BCUT2D eigenvalue weighted by Gasteiger charge is -2.27. The number of fused-ring (bicyclic) bond motifs is 1. The molecule has 0 aromatic heterocycles. The molecule has 0 bridgehead atoms. The predicted octanol–water partition coefficient (Wildman–Crippen LogP) is 4.02. The van der Waals surface area contributed by atoms with Crippen LogP contribution in [0.1, 0.15) is 30.0 Å². The Labute approximate surface area is 152 Å². The third-order valence-corrected chi connectivity index (χ3v) is 5.22. The van der Waals surface area contributed by atoms with Crippen LogP contribution in [0.5, 0.6) is 11.5 Å². The largest absolute Gasteiger partial charge is 0.497 e. The van der Waals surface area contributed by atoms with Gasteiger partial charge in [0.25, 0.3) is 5.91 Å². The van der Waals surface area contributed by atoms with Crippen molar-refractivity contribution >= 4 is 17.5 Å². The molecule has 2 aromatic carbocycles. The molecule has 2 aliphatic rings. The van der Waals surface area contributed by atoms with Crippen molar-refractivity contribution in [1.82, 2.24) is 4.90 Å². The Kier molecular flexibility index (Phi) is 4.30. The average molecular weight is 358 g/mol. The lowest BCUT2D eigenvalue weighted by Crippen LogP contribution is -2.40. The van der Waals surface area contributed by atoms with E-state index in [-0.39, 0.29) is 11.9 Å². The maximum Gasteiger partial charge on any atom is 0.264 e. The van der Waals surface area contributed by atoms with Crippen LogP contribution >= 0.6 is 11.6 Å².